The summed E-state index contributed by atoms with van der Waals surface area (Å²) < 4.78 is 0. The third-order valence-electron chi connectivity index (χ3n) is 4.31. The van der Waals surface area contributed by atoms with Gasteiger partial charge in [-0.25, -0.2) is 0 Å². The molecular weight excluding hydrogens is 310 g/mol. The average molecular weight is 333 g/mol. The van der Waals surface area contributed by atoms with E-state index in [4.69, 9.17) is 0 Å². The molecule has 2 unspecified atom stereocenters. The molecule has 23 heavy (non-hydrogen) atoms. The van der Waals surface area contributed by atoms with E-state index in [2.05, 4.69) is 53.4 Å². The fraction of sp³-hybridized carbons (Fsp3) is 0.625. The van der Waals surface area contributed by atoms with Gasteiger partial charge in [-0.1, -0.05) is 39.0 Å². The summed E-state index contributed by atoms with van der Waals surface area (Å²) >= 11 is 1.56. The summed E-state index contributed by atoms with van der Waals surface area (Å²) in [4.78, 5) is 12.6. The van der Waals surface area contributed by atoms with Crippen molar-refractivity contribution in [2.45, 2.75) is 58.4 Å². The van der Waals surface area contributed by atoms with Crippen LogP contribution in [0.1, 0.15) is 61.3 Å². The van der Waals surface area contributed by atoms with Crippen molar-refractivity contribution in [3.8, 4) is 0 Å². The standard InChI is InChI=1S/C16H23N5OS/c1-9-5-6-11-10(7-18-19-11)13(9)14(22)17-8-12-20-21-15(23-12)16(2,3)4/h7,9,13H,5-6,8H2,1-4H3,(H,17,22)(H,18,19). The van der Waals surface area contributed by atoms with E-state index in [9.17, 15) is 4.79 Å². The Morgan fingerprint density at radius 3 is 2.91 bits per heavy atom. The Morgan fingerprint density at radius 1 is 1.43 bits per heavy atom. The SMILES string of the molecule is CC1CCc2[nH]ncc2C1C(=O)NCc1nnc(C(C)(C)C)s1. The summed E-state index contributed by atoms with van der Waals surface area (Å²) in [7, 11) is 0. The van der Waals surface area contributed by atoms with Crippen molar-refractivity contribution in [2.75, 3.05) is 0 Å². The number of nitrogens with zero attached hydrogens (tertiary/aromatic N) is 3. The molecule has 0 fully saturated rings. The number of aromatic nitrogens is 4. The van der Waals surface area contributed by atoms with Crippen LogP contribution in [0.4, 0.5) is 0 Å². The number of aryl methyl sites for hydroxylation is 1. The number of fused-ring (bicyclic) bond motifs is 1. The van der Waals surface area contributed by atoms with Crippen molar-refractivity contribution in [3.63, 3.8) is 0 Å². The minimum absolute atomic E-state index is 0.0104. The second-order valence-corrected chi connectivity index (χ2v) is 8.33. The second-order valence-electron chi connectivity index (χ2n) is 7.27. The van der Waals surface area contributed by atoms with E-state index >= 15 is 0 Å². The molecule has 2 N–H and O–H groups in total. The van der Waals surface area contributed by atoms with Crippen molar-refractivity contribution < 1.29 is 4.79 Å². The molecule has 1 amide bonds. The van der Waals surface area contributed by atoms with Crippen molar-refractivity contribution in [1.29, 1.82) is 0 Å². The first kappa shape index (κ1) is 16.1. The average Bonchev–Trinajstić information content (AvgIpc) is 3.12. The molecule has 2 aromatic heterocycles. The number of nitrogens with one attached hydrogen (secondary N) is 2. The van der Waals surface area contributed by atoms with Gasteiger partial charge >= 0.3 is 0 Å². The third kappa shape index (κ3) is 3.29. The van der Waals surface area contributed by atoms with Crippen molar-refractivity contribution in [3.05, 3.63) is 27.5 Å². The van der Waals surface area contributed by atoms with Gasteiger partial charge in [-0.15, -0.1) is 10.2 Å². The van der Waals surface area contributed by atoms with Crippen LogP contribution in [-0.2, 0) is 23.2 Å². The van der Waals surface area contributed by atoms with Gasteiger partial charge in [0.25, 0.3) is 0 Å². The first-order valence-electron chi connectivity index (χ1n) is 7.99. The monoisotopic (exact) mass is 333 g/mol. The fourth-order valence-electron chi connectivity index (χ4n) is 2.94. The quantitative estimate of drug-likeness (QED) is 0.904. The van der Waals surface area contributed by atoms with Crippen LogP contribution in [0.15, 0.2) is 6.20 Å². The topological polar surface area (TPSA) is 83.6 Å². The predicted molar refractivity (Wildman–Crippen MR) is 89.3 cm³/mol. The van der Waals surface area contributed by atoms with E-state index in [-0.39, 0.29) is 17.2 Å². The molecule has 2 aromatic rings. The summed E-state index contributed by atoms with van der Waals surface area (Å²) in [6.45, 7) is 8.89. The maximum absolute atomic E-state index is 12.6. The highest BCUT2D eigenvalue weighted by Crippen LogP contribution is 2.35. The van der Waals surface area contributed by atoms with Gasteiger partial charge in [-0.2, -0.15) is 5.10 Å². The highest BCUT2D eigenvalue weighted by atomic mass is 32.1. The van der Waals surface area contributed by atoms with E-state index < -0.39 is 0 Å². The molecule has 0 spiro atoms. The summed E-state index contributed by atoms with van der Waals surface area (Å²) in [5, 5.41) is 20.4. The fourth-order valence-corrected chi connectivity index (χ4v) is 3.77. The Morgan fingerprint density at radius 2 is 2.22 bits per heavy atom. The molecule has 0 bridgehead atoms. The smallest absolute Gasteiger partial charge is 0.228 e. The summed E-state index contributed by atoms with van der Waals surface area (Å²) in [5.41, 5.74) is 2.12. The predicted octanol–water partition coefficient (Wildman–Crippen LogP) is 2.54. The summed E-state index contributed by atoms with van der Waals surface area (Å²) in [6, 6.07) is 0. The Labute approximate surface area is 140 Å². The lowest BCUT2D eigenvalue weighted by atomic mass is 9.78. The number of aromatic amines is 1. The molecule has 7 heteroatoms. The first-order chi connectivity index (χ1) is 10.9. The number of carbonyl (C=O) groups is 1. The number of amides is 1. The molecular formula is C16H23N5OS. The molecule has 6 nitrogen and oxygen atoms in total. The number of carbonyl (C=O) groups excluding carboxylic acids is 1. The Bertz CT molecular complexity index is 699. The van der Waals surface area contributed by atoms with Gasteiger partial charge in [0.1, 0.15) is 10.0 Å². The van der Waals surface area contributed by atoms with Gasteiger partial charge in [-0.05, 0) is 18.8 Å². The number of rotatable bonds is 3. The largest absolute Gasteiger partial charge is 0.349 e. The van der Waals surface area contributed by atoms with Crippen LogP contribution in [0, 0.1) is 5.92 Å². The zero-order valence-electron chi connectivity index (χ0n) is 14.0. The van der Waals surface area contributed by atoms with Gasteiger partial charge < -0.3 is 5.32 Å². The summed E-state index contributed by atoms with van der Waals surface area (Å²) in [5.74, 6) is 0.236. The molecule has 0 saturated carbocycles. The van der Waals surface area contributed by atoms with Gasteiger partial charge in [0.05, 0.1) is 18.7 Å². The van der Waals surface area contributed by atoms with Crippen LogP contribution in [0.3, 0.4) is 0 Å². The van der Waals surface area contributed by atoms with E-state index in [1.54, 1.807) is 17.5 Å². The van der Waals surface area contributed by atoms with Gasteiger partial charge in [0, 0.05) is 16.7 Å². The van der Waals surface area contributed by atoms with Crippen molar-refractivity contribution in [2.24, 2.45) is 5.92 Å². The lowest BCUT2D eigenvalue weighted by Gasteiger charge is -2.27. The maximum Gasteiger partial charge on any atom is 0.228 e. The summed E-state index contributed by atoms with van der Waals surface area (Å²) in [6.07, 6.45) is 3.75. The van der Waals surface area contributed by atoms with Crippen LogP contribution < -0.4 is 5.32 Å². The lowest BCUT2D eigenvalue weighted by Crippen LogP contribution is -2.34. The molecule has 1 aliphatic carbocycles. The van der Waals surface area contributed by atoms with Gasteiger partial charge in [-0.3, -0.25) is 9.89 Å². The Kier molecular flexibility index (Phi) is 4.23. The van der Waals surface area contributed by atoms with E-state index in [1.165, 1.54) is 0 Å². The zero-order valence-corrected chi connectivity index (χ0v) is 14.8. The molecule has 0 aromatic carbocycles. The van der Waals surface area contributed by atoms with E-state index in [1.807, 2.05) is 0 Å². The second kappa shape index (κ2) is 6.03. The van der Waals surface area contributed by atoms with Crippen LogP contribution in [0.25, 0.3) is 0 Å². The molecule has 0 saturated heterocycles. The maximum atomic E-state index is 12.6. The van der Waals surface area contributed by atoms with Crippen molar-refractivity contribution in [1.82, 2.24) is 25.7 Å². The molecule has 3 rings (SSSR count). The number of H-pyrrole nitrogens is 1. The zero-order chi connectivity index (χ0) is 16.6. The molecule has 1 aliphatic rings. The minimum Gasteiger partial charge on any atom is -0.349 e. The highest BCUT2D eigenvalue weighted by Gasteiger charge is 2.33. The molecule has 2 heterocycles. The van der Waals surface area contributed by atoms with E-state index in [0.29, 0.717) is 12.5 Å². The van der Waals surface area contributed by atoms with Crippen LogP contribution >= 0.6 is 11.3 Å². The minimum atomic E-state index is -0.132. The number of hydrogen-bond donors (Lipinski definition) is 2. The highest BCUT2D eigenvalue weighted by molar-refractivity contribution is 7.11. The Balaban J connectivity index is 1.67. The van der Waals surface area contributed by atoms with Crippen LogP contribution in [0.2, 0.25) is 0 Å². The molecule has 0 aliphatic heterocycles. The van der Waals surface area contributed by atoms with Crippen molar-refractivity contribution >= 4 is 17.2 Å². The van der Waals surface area contributed by atoms with Gasteiger partial charge in [0.15, 0.2) is 0 Å². The molecule has 0 radical (unpaired) electrons. The molecule has 124 valence electrons. The first-order valence-corrected chi connectivity index (χ1v) is 8.80. The Hall–Kier alpha value is -1.76. The number of hydrogen-bond acceptors (Lipinski definition) is 5. The molecule has 2 atom stereocenters. The lowest BCUT2D eigenvalue weighted by molar-refractivity contribution is -0.124. The third-order valence-corrected chi connectivity index (χ3v) is 5.66. The van der Waals surface area contributed by atoms with Crippen LogP contribution in [-0.4, -0.2) is 26.3 Å². The van der Waals surface area contributed by atoms with E-state index in [0.717, 1.165) is 34.1 Å². The normalized spacial score (nSPS) is 21.0. The van der Waals surface area contributed by atoms with Gasteiger partial charge in [0.2, 0.25) is 5.91 Å². The van der Waals surface area contributed by atoms with Crippen LogP contribution in [0.5, 0.6) is 0 Å².